The van der Waals surface area contributed by atoms with Gasteiger partial charge < -0.3 is 19.7 Å². The molecule has 104 valence electrons. The van der Waals surface area contributed by atoms with Crippen LogP contribution in [0.25, 0.3) is 0 Å². The molecule has 0 bridgehead atoms. The molecule has 2 N–H and O–H groups in total. The topological polar surface area (TPSA) is 119 Å². The predicted octanol–water partition coefficient (Wildman–Crippen LogP) is 0.171. The molecule has 8 nitrogen and oxygen atoms in total. The van der Waals surface area contributed by atoms with E-state index in [1.807, 2.05) is 0 Å². The highest BCUT2D eigenvalue weighted by atomic mass is 16.6. The van der Waals surface area contributed by atoms with Crippen LogP contribution >= 0.6 is 0 Å². The summed E-state index contributed by atoms with van der Waals surface area (Å²) in [6.07, 6.45) is -3.45. The third-order valence-electron chi connectivity index (χ3n) is 2.48. The van der Waals surface area contributed by atoms with E-state index in [1.165, 1.54) is 19.2 Å². The molecule has 19 heavy (non-hydrogen) atoms. The first kappa shape index (κ1) is 14.9. The number of aliphatic hydroxyl groups excluding tert-OH is 2. The summed E-state index contributed by atoms with van der Waals surface area (Å²) >= 11 is 0. The van der Waals surface area contributed by atoms with Crippen molar-refractivity contribution in [3.63, 3.8) is 0 Å². The van der Waals surface area contributed by atoms with Crippen LogP contribution in [0.4, 0.5) is 5.69 Å². The first-order valence-electron chi connectivity index (χ1n) is 5.18. The summed E-state index contributed by atoms with van der Waals surface area (Å²) in [6.45, 7) is 0. The zero-order valence-electron chi connectivity index (χ0n) is 10.3. The molecule has 0 amide bonds. The van der Waals surface area contributed by atoms with E-state index in [1.54, 1.807) is 0 Å². The van der Waals surface area contributed by atoms with Crippen molar-refractivity contribution in [3.8, 4) is 5.75 Å². The van der Waals surface area contributed by atoms with E-state index in [0.29, 0.717) is 0 Å². The quantitative estimate of drug-likeness (QED) is 0.445. The monoisotopic (exact) mass is 271 g/mol. The smallest absolute Gasteiger partial charge is 0.337 e. The van der Waals surface area contributed by atoms with Gasteiger partial charge in [-0.15, -0.1) is 0 Å². The SMILES string of the molecule is COC(=O)C(O)C(O)c1ccc(OC)c([N+](=O)[O-])c1. The third kappa shape index (κ3) is 3.18. The zero-order chi connectivity index (χ0) is 14.6. The predicted molar refractivity (Wildman–Crippen MR) is 62.6 cm³/mol. The molecule has 2 unspecified atom stereocenters. The molecule has 1 rings (SSSR count). The van der Waals surface area contributed by atoms with E-state index in [4.69, 9.17) is 4.74 Å². The Labute approximate surface area is 108 Å². The maximum Gasteiger partial charge on any atom is 0.337 e. The van der Waals surface area contributed by atoms with Crippen molar-refractivity contribution in [1.82, 2.24) is 0 Å². The van der Waals surface area contributed by atoms with Crippen molar-refractivity contribution in [1.29, 1.82) is 0 Å². The average molecular weight is 271 g/mol. The number of benzene rings is 1. The van der Waals surface area contributed by atoms with Crippen molar-refractivity contribution in [2.24, 2.45) is 0 Å². The minimum Gasteiger partial charge on any atom is -0.490 e. The van der Waals surface area contributed by atoms with Gasteiger partial charge in [0, 0.05) is 6.07 Å². The number of nitrogens with zero attached hydrogens (tertiary/aromatic N) is 1. The number of esters is 1. The Morgan fingerprint density at radius 3 is 2.47 bits per heavy atom. The second-order valence-corrected chi connectivity index (χ2v) is 3.60. The summed E-state index contributed by atoms with van der Waals surface area (Å²) in [6, 6.07) is 3.60. The molecule has 0 fully saturated rings. The minimum atomic E-state index is -1.82. The number of hydrogen-bond donors (Lipinski definition) is 2. The van der Waals surface area contributed by atoms with Crippen LogP contribution in [-0.2, 0) is 9.53 Å². The molecule has 1 aromatic carbocycles. The van der Waals surface area contributed by atoms with Crippen LogP contribution in [0.2, 0.25) is 0 Å². The highest BCUT2D eigenvalue weighted by Crippen LogP contribution is 2.30. The van der Waals surface area contributed by atoms with Gasteiger partial charge in [-0.2, -0.15) is 0 Å². The van der Waals surface area contributed by atoms with Crippen LogP contribution in [0.5, 0.6) is 5.75 Å². The van der Waals surface area contributed by atoms with Crippen LogP contribution in [0.1, 0.15) is 11.7 Å². The van der Waals surface area contributed by atoms with Crippen LogP contribution < -0.4 is 4.74 Å². The molecule has 0 aliphatic rings. The molecule has 0 aromatic heterocycles. The Kier molecular flexibility index (Phi) is 4.79. The summed E-state index contributed by atoms with van der Waals surface area (Å²) in [5.74, 6) is -1.03. The molecule has 0 aliphatic heterocycles. The maximum absolute atomic E-state index is 11.1. The number of hydrogen-bond acceptors (Lipinski definition) is 7. The summed E-state index contributed by atoms with van der Waals surface area (Å²) in [7, 11) is 2.32. The third-order valence-corrected chi connectivity index (χ3v) is 2.48. The van der Waals surface area contributed by atoms with Crippen molar-refractivity contribution in [2.75, 3.05) is 14.2 Å². The Morgan fingerprint density at radius 2 is 2.00 bits per heavy atom. The largest absolute Gasteiger partial charge is 0.490 e. The second kappa shape index (κ2) is 6.12. The second-order valence-electron chi connectivity index (χ2n) is 3.60. The number of nitro benzene ring substituents is 1. The summed E-state index contributed by atoms with van der Waals surface area (Å²) in [4.78, 5) is 21.2. The minimum absolute atomic E-state index is 0.00500. The Bertz CT molecular complexity index is 488. The van der Waals surface area contributed by atoms with Crippen molar-refractivity contribution in [3.05, 3.63) is 33.9 Å². The fourth-order valence-electron chi connectivity index (χ4n) is 1.47. The summed E-state index contributed by atoms with van der Waals surface area (Å²) < 4.78 is 9.06. The van der Waals surface area contributed by atoms with Crippen LogP contribution in [0.3, 0.4) is 0 Å². The van der Waals surface area contributed by atoms with Gasteiger partial charge in [0.15, 0.2) is 11.9 Å². The molecule has 8 heteroatoms. The number of ether oxygens (including phenoxy) is 2. The normalized spacial score (nSPS) is 13.5. The van der Waals surface area contributed by atoms with Gasteiger partial charge in [0.2, 0.25) is 0 Å². The molecule has 0 heterocycles. The van der Waals surface area contributed by atoms with E-state index in [-0.39, 0.29) is 17.0 Å². The first-order valence-corrected chi connectivity index (χ1v) is 5.18. The molecule has 0 saturated heterocycles. The molecule has 0 saturated carbocycles. The average Bonchev–Trinajstić information content (AvgIpc) is 2.43. The van der Waals surface area contributed by atoms with Gasteiger partial charge in [0.1, 0.15) is 6.10 Å². The summed E-state index contributed by atoms with van der Waals surface area (Å²) in [5.41, 5.74) is -0.374. The van der Waals surface area contributed by atoms with Crippen LogP contribution in [0.15, 0.2) is 18.2 Å². The lowest BCUT2D eigenvalue weighted by Gasteiger charge is -2.16. The summed E-state index contributed by atoms with van der Waals surface area (Å²) in [5, 5.41) is 30.0. The maximum atomic E-state index is 11.1. The number of aliphatic hydroxyl groups is 2. The highest BCUT2D eigenvalue weighted by Gasteiger charge is 2.28. The fourth-order valence-corrected chi connectivity index (χ4v) is 1.47. The molecule has 1 aromatic rings. The standard InChI is InChI=1S/C11H13NO7/c1-18-8-4-3-6(5-7(8)12(16)17)9(13)10(14)11(15)19-2/h3-5,9-10,13-14H,1-2H3. The zero-order valence-corrected chi connectivity index (χ0v) is 10.3. The lowest BCUT2D eigenvalue weighted by atomic mass is 10.0. The van der Waals surface area contributed by atoms with Gasteiger partial charge in [-0.25, -0.2) is 4.79 Å². The van der Waals surface area contributed by atoms with Crippen molar-refractivity contribution in [2.45, 2.75) is 12.2 Å². The van der Waals surface area contributed by atoms with E-state index in [9.17, 15) is 25.1 Å². The van der Waals surface area contributed by atoms with Gasteiger partial charge in [0.25, 0.3) is 0 Å². The lowest BCUT2D eigenvalue weighted by Crippen LogP contribution is -2.29. The number of rotatable bonds is 5. The van der Waals surface area contributed by atoms with Gasteiger partial charge in [-0.3, -0.25) is 10.1 Å². The van der Waals surface area contributed by atoms with Gasteiger partial charge in [-0.1, -0.05) is 6.07 Å². The van der Waals surface area contributed by atoms with E-state index in [0.717, 1.165) is 13.2 Å². The Morgan fingerprint density at radius 1 is 1.37 bits per heavy atom. The lowest BCUT2D eigenvalue weighted by molar-refractivity contribution is -0.385. The fraction of sp³-hybridized carbons (Fsp3) is 0.364. The van der Waals surface area contributed by atoms with Crippen molar-refractivity contribution < 1.29 is 29.4 Å². The van der Waals surface area contributed by atoms with E-state index < -0.39 is 23.1 Å². The Hall–Kier alpha value is -2.19. The number of methoxy groups -OCH3 is 2. The van der Waals surface area contributed by atoms with E-state index in [2.05, 4.69) is 4.74 Å². The molecule has 0 aliphatic carbocycles. The molecule has 2 atom stereocenters. The number of carbonyl (C=O) groups is 1. The van der Waals surface area contributed by atoms with Crippen molar-refractivity contribution >= 4 is 11.7 Å². The van der Waals surface area contributed by atoms with Gasteiger partial charge >= 0.3 is 11.7 Å². The molecule has 0 spiro atoms. The van der Waals surface area contributed by atoms with Gasteiger partial charge in [0.05, 0.1) is 19.1 Å². The molecular formula is C11H13NO7. The van der Waals surface area contributed by atoms with Crippen LogP contribution in [0, 0.1) is 10.1 Å². The van der Waals surface area contributed by atoms with Gasteiger partial charge in [-0.05, 0) is 11.6 Å². The molecular weight excluding hydrogens is 258 g/mol. The highest BCUT2D eigenvalue weighted by molar-refractivity contribution is 5.75. The number of nitro groups is 1. The first-order chi connectivity index (χ1) is 8.92. The Balaban J connectivity index is 3.11. The number of carbonyl (C=O) groups excluding carboxylic acids is 1. The van der Waals surface area contributed by atoms with Crippen LogP contribution in [-0.4, -0.2) is 41.4 Å². The molecule has 0 radical (unpaired) electrons. The van der Waals surface area contributed by atoms with E-state index >= 15 is 0 Å².